The zero-order valence-corrected chi connectivity index (χ0v) is 58.5. The predicted molar refractivity (Wildman–Crippen MR) is 380 cm³/mol. The normalized spacial score (nSPS) is 13.3. The first-order valence-corrected chi connectivity index (χ1v) is 37.0. The van der Waals surface area contributed by atoms with Crippen LogP contribution in [0.25, 0.3) is 0 Å². The lowest BCUT2D eigenvalue weighted by Crippen LogP contribution is -2.44. The molecular formula is C80H139NO8. The second-order valence-corrected chi connectivity index (χ2v) is 25.9. The first kappa shape index (κ1) is 85.0. The highest BCUT2D eigenvalue weighted by atomic mass is 16.7. The molecule has 9 heteroatoms. The molecule has 0 amide bonds. The molecule has 0 spiro atoms. The van der Waals surface area contributed by atoms with E-state index in [9.17, 15) is 19.5 Å². The van der Waals surface area contributed by atoms with Gasteiger partial charge in [-0.3, -0.25) is 9.59 Å². The average Bonchev–Trinajstić information content (AvgIpc) is 3.64. The van der Waals surface area contributed by atoms with Crippen LogP contribution in [0.4, 0.5) is 0 Å². The molecule has 0 heterocycles. The molecule has 89 heavy (non-hydrogen) atoms. The van der Waals surface area contributed by atoms with Gasteiger partial charge in [-0.2, -0.15) is 0 Å². The number of carbonyl (C=O) groups is 3. The van der Waals surface area contributed by atoms with Gasteiger partial charge >= 0.3 is 11.9 Å². The molecule has 512 valence electrons. The molecule has 0 bridgehead atoms. The van der Waals surface area contributed by atoms with Gasteiger partial charge in [-0.15, -0.1) is 0 Å². The Morgan fingerprint density at radius 2 is 0.640 bits per heavy atom. The SMILES string of the molecule is CC/C=C\C/C=C\C/C=C\C/C=C\C/C=C\C/C=C\C/C=C\CCCCCCCCCCCCCCCCCCCC(=O)OC(COC(=O)CCCCCCCCCCCCCCC/C=C\C/C=C\CCCCCCC)COC(OCC[N+](C)(C)C)C(=O)[O-]. The van der Waals surface area contributed by atoms with Crippen molar-refractivity contribution in [1.82, 2.24) is 0 Å². The number of quaternary nitrogens is 1. The zero-order chi connectivity index (χ0) is 64.7. The van der Waals surface area contributed by atoms with E-state index in [-0.39, 0.29) is 38.6 Å². The topological polar surface area (TPSA) is 111 Å². The van der Waals surface area contributed by atoms with Crippen LogP contribution in [0.2, 0.25) is 0 Å². The third-order valence-electron chi connectivity index (χ3n) is 16.0. The Labute approximate surface area is 549 Å². The van der Waals surface area contributed by atoms with Crippen molar-refractivity contribution in [3.8, 4) is 0 Å². The summed E-state index contributed by atoms with van der Waals surface area (Å²) in [5.74, 6) is -2.27. The third-order valence-corrected chi connectivity index (χ3v) is 16.0. The van der Waals surface area contributed by atoms with Gasteiger partial charge in [-0.25, -0.2) is 0 Å². The number of nitrogens with zero attached hydrogens (tertiary/aromatic N) is 1. The molecule has 0 aromatic carbocycles. The van der Waals surface area contributed by atoms with Crippen LogP contribution in [0.5, 0.6) is 0 Å². The Kier molecular flexibility index (Phi) is 66.7. The summed E-state index contributed by atoms with van der Waals surface area (Å²) in [6, 6.07) is 0. The second-order valence-electron chi connectivity index (χ2n) is 25.9. The molecule has 0 N–H and O–H groups in total. The fourth-order valence-corrected chi connectivity index (χ4v) is 10.4. The van der Waals surface area contributed by atoms with Crippen molar-refractivity contribution in [3.63, 3.8) is 0 Å². The average molecular weight is 1240 g/mol. The molecular weight excluding hydrogens is 1100 g/mol. The van der Waals surface area contributed by atoms with Gasteiger partial charge in [-0.1, -0.05) is 316 Å². The number of allylic oxidation sites excluding steroid dienone is 18. The van der Waals surface area contributed by atoms with Gasteiger partial charge in [0.05, 0.1) is 40.3 Å². The van der Waals surface area contributed by atoms with Crippen molar-refractivity contribution >= 4 is 17.9 Å². The number of ether oxygens (including phenoxy) is 4. The van der Waals surface area contributed by atoms with Crippen LogP contribution >= 0.6 is 0 Å². The molecule has 2 unspecified atom stereocenters. The number of unbranched alkanes of at least 4 members (excludes halogenated alkanes) is 35. The van der Waals surface area contributed by atoms with Crippen molar-refractivity contribution in [2.45, 2.75) is 334 Å². The summed E-state index contributed by atoms with van der Waals surface area (Å²) in [4.78, 5) is 37.5. The van der Waals surface area contributed by atoms with Gasteiger partial charge in [-0.05, 0) is 103 Å². The van der Waals surface area contributed by atoms with E-state index in [1.54, 1.807) is 0 Å². The Morgan fingerprint density at radius 3 is 0.955 bits per heavy atom. The first-order chi connectivity index (χ1) is 43.6. The Balaban J connectivity index is 4.06. The van der Waals surface area contributed by atoms with E-state index < -0.39 is 24.3 Å². The van der Waals surface area contributed by atoms with Gasteiger partial charge in [0.25, 0.3) is 0 Å². The number of likely N-dealkylation sites (N-methyl/N-ethyl adjacent to an activating group) is 1. The number of esters is 2. The van der Waals surface area contributed by atoms with E-state index >= 15 is 0 Å². The molecule has 0 saturated heterocycles. The van der Waals surface area contributed by atoms with E-state index in [1.165, 1.54) is 199 Å². The van der Waals surface area contributed by atoms with Crippen LogP contribution in [0.15, 0.2) is 109 Å². The van der Waals surface area contributed by atoms with E-state index in [0.29, 0.717) is 17.4 Å². The molecule has 0 radical (unpaired) electrons. The Morgan fingerprint density at radius 1 is 0.348 bits per heavy atom. The highest BCUT2D eigenvalue weighted by molar-refractivity contribution is 5.70. The molecule has 0 aliphatic carbocycles. The summed E-state index contributed by atoms with van der Waals surface area (Å²) in [7, 11) is 5.94. The number of carbonyl (C=O) groups excluding carboxylic acids is 3. The minimum Gasteiger partial charge on any atom is -0.545 e. The number of hydrogen-bond acceptors (Lipinski definition) is 8. The summed E-state index contributed by atoms with van der Waals surface area (Å²) < 4.78 is 22.8. The lowest BCUT2D eigenvalue weighted by molar-refractivity contribution is -0.870. The maximum Gasteiger partial charge on any atom is 0.306 e. The van der Waals surface area contributed by atoms with Gasteiger partial charge in [0.15, 0.2) is 12.4 Å². The van der Waals surface area contributed by atoms with Crippen molar-refractivity contribution in [2.75, 3.05) is 47.5 Å². The van der Waals surface area contributed by atoms with Crippen LogP contribution in [-0.2, 0) is 33.3 Å². The summed E-state index contributed by atoms with van der Waals surface area (Å²) >= 11 is 0. The summed E-state index contributed by atoms with van der Waals surface area (Å²) in [5, 5.41) is 11.8. The van der Waals surface area contributed by atoms with Crippen LogP contribution in [0, 0.1) is 0 Å². The monoisotopic (exact) mass is 1240 g/mol. The molecule has 0 aromatic rings. The number of carboxylic acids is 1. The largest absolute Gasteiger partial charge is 0.545 e. The molecule has 9 nitrogen and oxygen atoms in total. The quantitative estimate of drug-likeness (QED) is 0.0195. The Hall–Kier alpha value is -4.05. The van der Waals surface area contributed by atoms with Gasteiger partial charge in [0, 0.05) is 12.8 Å². The van der Waals surface area contributed by atoms with E-state index in [0.717, 1.165) is 89.9 Å². The van der Waals surface area contributed by atoms with E-state index in [2.05, 4.69) is 123 Å². The van der Waals surface area contributed by atoms with Gasteiger partial charge in [0.1, 0.15) is 13.2 Å². The summed E-state index contributed by atoms with van der Waals surface area (Å²) in [6.07, 6.45) is 94.6. The van der Waals surface area contributed by atoms with Crippen molar-refractivity contribution in [2.24, 2.45) is 0 Å². The lowest BCUT2D eigenvalue weighted by atomic mass is 10.0. The fraction of sp³-hybridized carbons (Fsp3) is 0.738. The van der Waals surface area contributed by atoms with Crippen LogP contribution in [0.1, 0.15) is 322 Å². The summed E-state index contributed by atoms with van der Waals surface area (Å²) in [5.41, 5.74) is 0. The van der Waals surface area contributed by atoms with E-state index in [1.807, 2.05) is 21.1 Å². The molecule has 0 aliphatic rings. The second kappa shape index (κ2) is 69.8. The number of carboxylic acid groups (broad SMARTS) is 1. The lowest BCUT2D eigenvalue weighted by Gasteiger charge is -2.26. The molecule has 0 rings (SSSR count). The standard InChI is InChI=1S/C80H139NO8/c1-6-8-10-12-14-16-18-20-22-24-26-28-30-32-33-34-35-36-37-38-39-40-41-42-43-44-45-47-49-51-53-55-57-59-61-63-65-67-69-71-78(83)89-76(75-88-80(79(84)85)86-73-72-81(3,4)5)74-87-77(82)70-68-66-64-62-60-58-56-54-52-50-48-46-31-29-27-25-23-21-19-17-15-13-11-9-7-2/h8,10,14,16,19-22,25-28,32-33,35-36,38-39,76,80H,6-7,9,11-13,15,17-18,23-24,29-31,34,37,40-75H2,1-5H3/b10-8-,16-14-,21-19-,22-20-,27-25-,28-26-,33-32-,36-35-,39-38-. The Bertz CT molecular complexity index is 1830. The third kappa shape index (κ3) is 71.3. The molecule has 0 fully saturated rings. The maximum absolute atomic E-state index is 13.0. The van der Waals surface area contributed by atoms with Crippen molar-refractivity contribution < 1.29 is 42.9 Å². The van der Waals surface area contributed by atoms with Gasteiger partial charge < -0.3 is 33.3 Å². The first-order valence-electron chi connectivity index (χ1n) is 37.0. The maximum atomic E-state index is 13.0. The van der Waals surface area contributed by atoms with Crippen molar-refractivity contribution in [3.05, 3.63) is 109 Å². The highest BCUT2D eigenvalue weighted by Crippen LogP contribution is 2.18. The predicted octanol–water partition coefficient (Wildman–Crippen LogP) is 22.0. The highest BCUT2D eigenvalue weighted by Gasteiger charge is 2.22. The smallest absolute Gasteiger partial charge is 0.306 e. The summed E-state index contributed by atoms with van der Waals surface area (Å²) in [6.45, 7) is 4.65. The van der Waals surface area contributed by atoms with Crippen LogP contribution in [0.3, 0.4) is 0 Å². The molecule has 2 atom stereocenters. The minimum atomic E-state index is -1.63. The van der Waals surface area contributed by atoms with Gasteiger partial charge in [0.2, 0.25) is 0 Å². The number of hydrogen-bond donors (Lipinski definition) is 0. The minimum absolute atomic E-state index is 0.146. The molecule has 0 aromatic heterocycles. The number of rotatable bonds is 68. The van der Waals surface area contributed by atoms with Crippen LogP contribution < -0.4 is 5.11 Å². The van der Waals surface area contributed by atoms with Crippen molar-refractivity contribution in [1.29, 1.82) is 0 Å². The zero-order valence-electron chi connectivity index (χ0n) is 58.5. The fourth-order valence-electron chi connectivity index (χ4n) is 10.4. The van der Waals surface area contributed by atoms with Crippen LogP contribution in [-0.4, -0.2) is 82.3 Å². The number of aliphatic carboxylic acids is 1. The van der Waals surface area contributed by atoms with E-state index in [4.69, 9.17) is 18.9 Å². The molecule has 0 saturated carbocycles. The molecule has 0 aliphatic heterocycles.